The van der Waals surface area contributed by atoms with E-state index in [1.54, 1.807) is 6.92 Å². The normalized spacial score (nSPS) is 9.81. The Morgan fingerprint density at radius 3 is 2.31 bits per heavy atom. The maximum atomic E-state index is 10.7. The topological polar surface area (TPSA) is 87.4 Å². The van der Waals surface area contributed by atoms with Crippen LogP contribution in [-0.4, -0.2) is 24.2 Å². The second-order valence-electron chi connectivity index (χ2n) is 2.87. The van der Waals surface area contributed by atoms with Crippen molar-refractivity contribution in [3.05, 3.63) is 24.8 Å². The van der Waals surface area contributed by atoms with E-state index in [2.05, 4.69) is 17.9 Å². The molecule has 0 spiro atoms. The third-order valence-corrected chi connectivity index (χ3v) is 1.42. The lowest BCUT2D eigenvalue weighted by Gasteiger charge is -2.03. The predicted molar refractivity (Wildman–Crippen MR) is 58.4 cm³/mol. The highest BCUT2D eigenvalue weighted by molar-refractivity contribution is 5.87. The number of hydrogen-bond acceptors (Lipinski definition) is 4. The Morgan fingerprint density at radius 2 is 2.06 bits per heavy atom. The fraction of sp³-hybridized carbons (Fsp3) is 0.364. The summed E-state index contributed by atoms with van der Waals surface area (Å²) in [6.45, 7) is 8.18. The number of carboxylic acid groups (broad SMARTS) is 1. The Bertz CT molecular complexity index is 314. The van der Waals surface area contributed by atoms with Crippen LogP contribution in [0.15, 0.2) is 24.8 Å². The Morgan fingerprint density at radius 1 is 1.62 bits per heavy atom. The third-order valence-electron chi connectivity index (χ3n) is 1.42. The van der Waals surface area contributed by atoms with E-state index in [0.717, 1.165) is 6.08 Å². The van der Waals surface area contributed by atoms with Gasteiger partial charge in [0.1, 0.15) is 0 Å². The molecule has 0 aliphatic rings. The van der Waals surface area contributed by atoms with Gasteiger partial charge in [-0.15, -0.1) is 0 Å². The Balaban J connectivity index is 0. The largest absolute Gasteiger partial charge is 0.478 e. The number of carboxylic acids is 1. The van der Waals surface area contributed by atoms with Crippen molar-refractivity contribution in [3.8, 4) is 6.07 Å². The van der Waals surface area contributed by atoms with Crippen LogP contribution in [0.1, 0.15) is 13.3 Å². The van der Waals surface area contributed by atoms with Crippen LogP contribution in [0.2, 0.25) is 0 Å². The molecule has 5 nitrogen and oxygen atoms in total. The molecule has 0 saturated carbocycles. The first-order chi connectivity index (χ1) is 7.38. The molecule has 0 aliphatic carbocycles. The highest BCUT2D eigenvalue weighted by Gasteiger charge is 2.09. The third kappa shape index (κ3) is 9.99. The SMILES string of the molecule is C=C(CC(C)C#N)C(=O)OC.C=CC(=O)O. The van der Waals surface area contributed by atoms with Crippen LogP contribution < -0.4 is 0 Å². The minimum Gasteiger partial charge on any atom is -0.478 e. The molecule has 1 unspecified atom stereocenters. The number of carbonyl (C=O) groups is 2. The van der Waals surface area contributed by atoms with Gasteiger partial charge in [0, 0.05) is 17.6 Å². The van der Waals surface area contributed by atoms with Gasteiger partial charge < -0.3 is 9.84 Å². The fourth-order valence-corrected chi connectivity index (χ4v) is 0.643. The molecule has 0 aromatic rings. The zero-order valence-electron chi connectivity index (χ0n) is 9.40. The summed E-state index contributed by atoms with van der Waals surface area (Å²) in [5.74, 6) is -1.60. The predicted octanol–water partition coefficient (Wildman–Crippen LogP) is 1.52. The van der Waals surface area contributed by atoms with E-state index in [1.165, 1.54) is 7.11 Å². The molecule has 0 aromatic heterocycles. The van der Waals surface area contributed by atoms with Gasteiger partial charge in [0.05, 0.1) is 13.2 Å². The number of esters is 1. The molecule has 0 rings (SSSR count). The molecule has 1 atom stereocenters. The Hall–Kier alpha value is -2.09. The summed E-state index contributed by atoms with van der Waals surface area (Å²) in [5, 5.41) is 16.0. The van der Waals surface area contributed by atoms with Crippen LogP contribution in [-0.2, 0) is 14.3 Å². The average Bonchev–Trinajstić information content (AvgIpc) is 2.28. The molecule has 16 heavy (non-hydrogen) atoms. The summed E-state index contributed by atoms with van der Waals surface area (Å²) in [6.07, 6.45) is 1.21. The summed E-state index contributed by atoms with van der Waals surface area (Å²) in [6, 6.07) is 2.01. The number of carbonyl (C=O) groups excluding carboxylic acids is 1. The monoisotopic (exact) mass is 225 g/mol. The van der Waals surface area contributed by atoms with E-state index in [9.17, 15) is 9.59 Å². The number of aliphatic carboxylic acids is 1. The number of nitriles is 1. The van der Waals surface area contributed by atoms with Crippen molar-refractivity contribution < 1.29 is 19.4 Å². The standard InChI is InChI=1S/C8H11NO2.C3H4O2/c1-6(5-9)4-7(2)8(10)11-3;1-2-3(4)5/h6H,2,4H2,1,3H3;2H,1H2,(H,4,5). The molecular weight excluding hydrogens is 210 g/mol. The zero-order chi connectivity index (χ0) is 13.1. The van der Waals surface area contributed by atoms with E-state index in [0.29, 0.717) is 12.0 Å². The van der Waals surface area contributed by atoms with E-state index < -0.39 is 11.9 Å². The Kier molecular flexibility index (Phi) is 9.67. The van der Waals surface area contributed by atoms with Gasteiger partial charge in [-0.25, -0.2) is 9.59 Å². The summed E-state index contributed by atoms with van der Waals surface area (Å²) < 4.78 is 4.41. The van der Waals surface area contributed by atoms with Gasteiger partial charge in [-0.05, 0) is 13.3 Å². The summed E-state index contributed by atoms with van der Waals surface area (Å²) in [5.41, 5.74) is 0.349. The van der Waals surface area contributed by atoms with Crippen molar-refractivity contribution in [1.82, 2.24) is 0 Å². The van der Waals surface area contributed by atoms with Crippen LogP contribution >= 0.6 is 0 Å². The Labute approximate surface area is 94.6 Å². The van der Waals surface area contributed by atoms with Crippen molar-refractivity contribution >= 4 is 11.9 Å². The fourth-order valence-electron chi connectivity index (χ4n) is 0.643. The van der Waals surface area contributed by atoms with Gasteiger partial charge >= 0.3 is 11.9 Å². The highest BCUT2D eigenvalue weighted by Crippen LogP contribution is 2.09. The average molecular weight is 225 g/mol. The van der Waals surface area contributed by atoms with Crippen molar-refractivity contribution in [1.29, 1.82) is 5.26 Å². The van der Waals surface area contributed by atoms with E-state index in [4.69, 9.17) is 10.4 Å². The molecule has 0 radical (unpaired) electrons. The zero-order valence-corrected chi connectivity index (χ0v) is 9.40. The van der Waals surface area contributed by atoms with Gasteiger partial charge in [-0.3, -0.25) is 0 Å². The van der Waals surface area contributed by atoms with Crippen LogP contribution in [0, 0.1) is 17.2 Å². The number of methoxy groups -OCH3 is 1. The van der Waals surface area contributed by atoms with Gasteiger partial charge in [-0.1, -0.05) is 13.2 Å². The molecular formula is C11H15NO4. The van der Waals surface area contributed by atoms with Crippen LogP contribution in [0.25, 0.3) is 0 Å². The van der Waals surface area contributed by atoms with Crippen LogP contribution in [0.4, 0.5) is 0 Å². The van der Waals surface area contributed by atoms with Crippen molar-refractivity contribution in [2.45, 2.75) is 13.3 Å². The van der Waals surface area contributed by atoms with Gasteiger partial charge in [0.15, 0.2) is 0 Å². The van der Waals surface area contributed by atoms with Crippen molar-refractivity contribution in [3.63, 3.8) is 0 Å². The summed E-state index contributed by atoms with van der Waals surface area (Å²) >= 11 is 0. The molecule has 0 aromatic carbocycles. The lowest BCUT2D eigenvalue weighted by molar-refractivity contribution is -0.136. The van der Waals surface area contributed by atoms with Gasteiger partial charge in [-0.2, -0.15) is 5.26 Å². The van der Waals surface area contributed by atoms with Gasteiger partial charge in [0.25, 0.3) is 0 Å². The van der Waals surface area contributed by atoms with Crippen molar-refractivity contribution in [2.24, 2.45) is 5.92 Å². The molecule has 0 amide bonds. The molecule has 0 bridgehead atoms. The summed E-state index contributed by atoms with van der Waals surface area (Å²) in [4.78, 5) is 20.0. The first-order valence-corrected chi connectivity index (χ1v) is 4.40. The maximum absolute atomic E-state index is 10.7. The highest BCUT2D eigenvalue weighted by atomic mass is 16.5. The lowest BCUT2D eigenvalue weighted by Crippen LogP contribution is -2.06. The van der Waals surface area contributed by atoms with E-state index >= 15 is 0 Å². The number of hydrogen-bond donors (Lipinski definition) is 1. The number of rotatable bonds is 4. The van der Waals surface area contributed by atoms with Gasteiger partial charge in [0.2, 0.25) is 0 Å². The first-order valence-electron chi connectivity index (χ1n) is 4.40. The summed E-state index contributed by atoms with van der Waals surface area (Å²) in [7, 11) is 1.30. The smallest absolute Gasteiger partial charge is 0.333 e. The maximum Gasteiger partial charge on any atom is 0.333 e. The molecule has 0 saturated heterocycles. The molecule has 88 valence electrons. The second kappa shape index (κ2) is 9.46. The van der Waals surface area contributed by atoms with Crippen LogP contribution in [0.3, 0.4) is 0 Å². The molecule has 0 heterocycles. The quantitative estimate of drug-likeness (QED) is 0.579. The molecule has 0 aliphatic heterocycles. The minimum absolute atomic E-state index is 0.179. The van der Waals surface area contributed by atoms with E-state index in [1.807, 2.05) is 6.07 Å². The van der Waals surface area contributed by atoms with Crippen molar-refractivity contribution in [2.75, 3.05) is 7.11 Å². The molecule has 0 fully saturated rings. The number of nitrogens with zero attached hydrogens (tertiary/aromatic N) is 1. The molecule has 5 heteroatoms. The first kappa shape index (κ1) is 16.3. The van der Waals surface area contributed by atoms with E-state index in [-0.39, 0.29) is 5.92 Å². The lowest BCUT2D eigenvalue weighted by atomic mass is 10.0. The number of ether oxygens (including phenoxy) is 1. The minimum atomic E-state index is -0.981. The molecule has 1 N–H and O–H groups in total. The second-order valence-corrected chi connectivity index (χ2v) is 2.87. The van der Waals surface area contributed by atoms with Crippen LogP contribution in [0.5, 0.6) is 0 Å².